The Morgan fingerprint density at radius 1 is 0.833 bits per heavy atom. The molecule has 0 amide bonds. The van der Waals surface area contributed by atoms with Gasteiger partial charge in [0.25, 0.3) is 0 Å². The Labute approximate surface area is 142 Å². The van der Waals surface area contributed by atoms with E-state index in [9.17, 15) is 0 Å². The third-order valence-electron chi connectivity index (χ3n) is 3.07. The summed E-state index contributed by atoms with van der Waals surface area (Å²) in [5, 5.41) is 0. The average molecular weight is 360 g/mol. The first kappa shape index (κ1) is 20.5. The van der Waals surface area contributed by atoms with Crippen LogP contribution in [0.25, 0.3) is 0 Å². The fourth-order valence-electron chi connectivity index (χ4n) is 2.24. The standard InChI is InChI=1S/C10H13.C5H5.2ClH.Zr/c1-2-6-9(5-1)10-7-3-4-8-10;1-2-4-5-3-1;;;/h1-2,5-6,10H,3-4,7-8H2;1-5H;2*1H;/q2*-1;;;+4/p-2. The van der Waals surface area contributed by atoms with E-state index in [-0.39, 0.29) is 51.0 Å². The Morgan fingerprint density at radius 2 is 1.33 bits per heavy atom. The van der Waals surface area contributed by atoms with Gasteiger partial charge in [-0.05, 0) is 0 Å². The maximum Gasteiger partial charge on any atom is 4.00 e. The quantitative estimate of drug-likeness (QED) is 0.542. The maximum atomic E-state index is 2.26. The molecule has 1 saturated carbocycles. The van der Waals surface area contributed by atoms with E-state index in [1.807, 2.05) is 30.3 Å². The van der Waals surface area contributed by atoms with Crippen molar-refractivity contribution in [3.8, 4) is 0 Å². The van der Waals surface area contributed by atoms with Crippen molar-refractivity contribution in [3.63, 3.8) is 0 Å². The van der Waals surface area contributed by atoms with Crippen LogP contribution in [-0.4, -0.2) is 0 Å². The van der Waals surface area contributed by atoms with Gasteiger partial charge in [-0.1, -0.05) is 31.6 Å². The van der Waals surface area contributed by atoms with Crippen LogP contribution in [0.5, 0.6) is 0 Å². The first-order valence-corrected chi connectivity index (χ1v) is 5.85. The summed E-state index contributed by atoms with van der Waals surface area (Å²) in [6.45, 7) is 0. The smallest absolute Gasteiger partial charge is 1.00 e. The van der Waals surface area contributed by atoms with Crippen LogP contribution in [0.4, 0.5) is 0 Å². The number of hydrogen-bond acceptors (Lipinski definition) is 0. The van der Waals surface area contributed by atoms with E-state index in [4.69, 9.17) is 0 Å². The fourth-order valence-corrected chi connectivity index (χ4v) is 2.24. The number of hydrogen-bond donors (Lipinski definition) is 0. The summed E-state index contributed by atoms with van der Waals surface area (Å²) in [6.07, 6.45) is 5.72. The molecule has 1 aliphatic rings. The Hall–Kier alpha value is 0.163. The van der Waals surface area contributed by atoms with Crippen molar-refractivity contribution < 1.29 is 51.0 Å². The molecule has 0 radical (unpaired) electrons. The second-order valence-corrected chi connectivity index (χ2v) is 4.16. The molecule has 0 heterocycles. The molecule has 18 heavy (non-hydrogen) atoms. The average Bonchev–Trinajstić information content (AvgIpc) is 3.06. The second-order valence-electron chi connectivity index (χ2n) is 4.16. The zero-order valence-corrected chi connectivity index (χ0v) is 14.3. The van der Waals surface area contributed by atoms with Gasteiger partial charge in [0.15, 0.2) is 0 Å². The molecular weight excluding hydrogens is 342 g/mol. The van der Waals surface area contributed by atoms with Crippen molar-refractivity contribution in [1.29, 1.82) is 0 Å². The van der Waals surface area contributed by atoms with E-state index in [0.29, 0.717) is 0 Å². The van der Waals surface area contributed by atoms with Gasteiger partial charge in [-0.15, -0.1) is 0 Å². The molecule has 96 valence electrons. The summed E-state index contributed by atoms with van der Waals surface area (Å²) in [7, 11) is 0. The third-order valence-corrected chi connectivity index (χ3v) is 3.07. The van der Waals surface area contributed by atoms with Crippen molar-refractivity contribution in [3.05, 3.63) is 60.2 Å². The van der Waals surface area contributed by atoms with Gasteiger partial charge in [0.1, 0.15) is 0 Å². The van der Waals surface area contributed by atoms with Crippen LogP contribution in [0.2, 0.25) is 0 Å². The van der Waals surface area contributed by atoms with Gasteiger partial charge in [0.05, 0.1) is 0 Å². The van der Waals surface area contributed by atoms with Crippen LogP contribution in [0.3, 0.4) is 0 Å². The molecular formula is C15H18Cl2Zr. The van der Waals surface area contributed by atoms with Crippen molar-refractivity contribution in [1.82, 2.24) is 0 Å². The van der Waals surface area contributed by atoms with Crippen LogP contribution in [0, 0.1) is 0 Å². The van der Waals surface area contributed by atoms with Crippen LogP contribution in [0.15, 0.2) is 54.6 Å². The van der Waals surface area contributed by atoms with E-state index in [1.165, 1.54) is 25.7 Å². The molecule has 2 aromatic rings. The minimum atomic E-state index is 0. The summed E-state index contributed by atoms with van der Waals surface area (Å²) in [6, 6.07) is 18.8. The predicted octanol–water partition coefficient (Wildman–Crippen LogP) is -1.53. The van der Waals surface area contributed by atoms with Crippen molar-refractivity contribution in [2.45, 2.75) is 31.6 Å². The molecule has 3 heteroatoms. The molecule has 0 unspecified atom stereocenters. The van der Waals surface area contributed by atoms with Crippen molar-refractivity contribution in [2.75, 3.05) is 0 Å². The van der Waals surface area contributed by atoms with Gasteiger partial charge in [-0.2, -0.15) is 35.9 Å². The molecule has 0 atom stereocenters. The largest absolute Gasteiger partial charge is 4.00 e. The number of rotatable bonds is 1. The Kier molecular flexibility index (Phi) is 13.9. The molecule has 0 N–H and O–H groups in total. The van der Waals surface area contributed by atoms with Gasteiger partial charge in [0, 0.05) is 0 Å². The third kappa shape index (κ3) is 6.93. The molecule has 0 aromatic heterocycles. The zero-order valence-electron chi connectivity index (χ0n) is 10.4. The zero-order chi connectivity index (χ0) is 10.3. The summed E-state index contributed by atoms with van der Waals surface area (Å²) < 4.78 is 0. The van der Waals surface area contributed by atoms with Crippen molar-refractivity contribution >= 4 is 0 Å². The van der Waals surface area contributed by atoms with Crippen molar-refractivity contribution in [2.24, 2.45) is 0 Å². The summed E-state index contributed by atoms with van der Waals surface area (Å²) in [4.78, 5) is 0. The van der Waals surface area contributed by atoms with E-state index in [0.717, 1.165) is 5.92 Å². The normalized spacial score (nSPS) is 13.3. The Bertz CT molecular complexity index is 317. The minimum absolute atomic E-state index is 0. The molecule has 0 saturated heterocycles. The van der Waals surface area contributed by atoms with Crippen LogP contribution in [-0.2, 0) is 26.2 Å². The minimum Gasteiger partial charge on any atom is -1.00 e. The molecule has 2 aromatic carbocycles. The SMILES string of the molecule is [Cl-].[Cl-].[Zr+4].c1cc[c-](C2CCCC2)c1.c1cc[cH-]c1. The second kappa shape index (κ2) is 12.2. The molecule has 0 nitrogen and oxygen atoms in total. The van der Waals surface area contributed by atoms with Gasteiger partial charge in [-0.3, -0.25) is 0 Å². The van der Waals surface area contributed by atoms with Gasteiger partial charge >= 0.3 is 26.2 Å². The summed E-state index contributed by atoms with van der Waals surface area (Å²) >= 11 is 0. The van der Waals surface area contributed by atoms with Gasteiger partial charge in [0.2, 0.25) is 0 Å². The van der Waals surface area contributed by atoms with Gasteiger partial charge in [-0.25, -0.2) is 24.3 Å². The van der Waals surface area contributed by atoms with Crippen LogP contribution < -0.4 is 24.8 Å². The molecule has 1 aliphatic carbocycles. The van der Waals surface area contributed by atoms with Crippen LogP contribution >= 0.6 is 0 Å². The topological polar surface area (TPSA) is 0 Å². The molecule has 3 rings (SSSR count). The van der Waals surface area contributed by atoms with E-state index in [1.54, 1.807) is 5.56 Å². The fraction of sp³-hybridized carbons (Fsp3) is 0.333. The number of halogens is 2. The van der Waals surface area contributed by atoms with Gasteiger partial charge < -0.3 is 24.8 Å². The molecule has 0 spiro atoms. The predicted molar refractivity (Wildman–Crippen MR) is 65.3 cm³/mol. The first-order valence-electron chi connectivity index (χ1n) is 5.85. The summed E-state index contributed by atoms with van der Waals surface area (Å²) in [5.41, 5.74) is 1.57. The summed E-state index contributed by atoms with van der Waals surface area (Å²) in [5.74, 6) is 0.898. The Morgan fingerprint density at radius 3 is 1.72 bits per heavy atom. The van der Waals surface area contributed by atoms with E-state index < -0.39 is 0 Å². The maximum absolute atomic E-state index is 2.26. The van der Waals surface area contributed by atoms with Crippen LogP contribution in [0.1, 0.15) is 37.2 Å². The molecule has 0 bridgehead atoms. The first-order chi connectivity index (χ1) is 7.47. The molecule has 1 fully saturated rings. The van der Waals surface area contributed by atoms with E-state index >= 15 is 0 Å². The molecule has 0 aliphatic heterocycles. The Balaban J connectivity index is 0. The van der Waals surface area contributed by atoms with E-state index in [2.05, 4.69) is 24.3 Å². The monoisotopic (exact) mass is 358 g/mol.